The number of ether oxygens (including phenoxy) is 1. The lowest BCUT2D eigenvalue weighted by molar-refractivity contribution is 0.173. The van der Waals surface area contributed by atoms with E-state index in [9.17, 15) is 0 Å². The maximum absolute atomic E-state index is 6.24. The highest BCUT2D eigenvalue weighted by atomic mass is 16.5. The highest BCUT2D eigenvalue weighted by Gasteiger charge is 2.25. The molecule has 3 aromatic rings. The summed E-state index contributed by atoms with van der Waals surface area (Å²) in [5, 5.41) is 0. The Kier molecular flexibility index (Phi) is 5.28. The maximum atomic E-state index is 6.24. The van der Waals surface area contributed by atoms with Crippen molar-refractivity contribution in [2.24, 2.45) is 13.0 Å². The van der Waals surface area contributed by atoms with Crippen molar-refractivity contribution in [2.45, 2.75) is 44.6 Å². The van der Waals surface area contributed by atoms with Crippen LogP contribution in [0.1, 0.15) is 49.4 Å². The fourth-order valence-corrected chi connectivity index (χ4v) is 4.76. The largest absolute Gasteiger partial charge is 0.493 e. The molecule has 1 aliphatic heterocycles. The number of rotatable bonds is 6. The van der Waals surface area contributed by atoms with Gasteiger partial charge in [0.25, 0.3) is 0 Å². The van der Waals surface area contributed by atoms with E-state index < -0.39 is 0 Å². The van der Waals surface area contributed by atoms with Crippen molar-refractivity contribution in [3.63, 3.8) is 0 Å². The number of benzene rings is 2. The van der Waals surface area contributed by atoms with Crippen molar-refractivity contribution < 1.29 is 4.74 Å². The quantitative estimate of drug-likeness (QED) is 0.585. The Bertz CT molecular complexity index is 967. The molecule has 0 radical (unpaired) electrons. The van der Waals surface area contributed by atoms with Crippen molar-refractivity contribution in [1.29, 1.82) is 0 Å². The van der Waals surface area contributed by atoms with E-state index in [4.69, 9.17) is 9.72 Å². The normalized spacial score (nSPS) is 18.8. The number of nitrogens with zero attached hydrogens (tertiary/aromatic N) is 3. The van der Waals surface area contributed by atoms with Gasteiger partial charge in [-0.1, -0.05) is 36.8 Å². The number of piperidine rings is 1. The third-order valence-corrected chi connectivity index (χ3v) is 6.89. The third-order valence-electron chi connectivity index (χ3n) is 6.89. The van der Waals surface area contributed by atoms with Gasteiger partial charge in [0.05, 0.1) is 24.2 Å². The van der Waals surface area contributed by atoms with E-state index >= 15 is 0 Å². The van der Waals surface area contributed by atoms with Crippen LogP contribution in [-0.2, 0) is 13.6 Å². The molecule has 1 saturated carbocycles. The zero-order valence-electron chi connectivity index (χ0n) is 17.4. The SMILES string of the molecule is Cn1c(CN2CCC(c3ccccc3OCC3CCC3)CC2)nc2ccccc21. The number of para-hydroxylation sites is 3. The van der Waals surface area contributed by atoms with Crippen molar-refractivity contribution in [2.75, 3.05) is 19.7 Å². The molecular formula is C25H31N3O. The molecule has 0 amide bonds. The maximum Gasteiger partial charge on any atom is 0.123 e. The van der Waals surface area contributed by atoms with Crippen LogP contribution in [0.5, 0.6) is 5.75 Å². The lowest BCUT2D eigenvalue weighted by atomic mass is 9.86. The van der Waals surface area contributed by atoms with E-state index in [-0.39, 0.29) is 0 Å². The van der Waals surface area contributed by atoms with Crippen molar-refractivity contribution >= 4 is 11.0 Å². The Hall–Kier alpha value is -2.33. The number of imidazole rings is 1. The summed E-state index contributed by atoms with van der Waals surface area (Å²) in [5.74, 6) is 3.66. The van der Waals surface area contributed by atoms with E-state index in [2.05, 4.69) is 65.0 Å². The third kappa shape index (κ3) is 3.91. The molecular weight excluding hydrogens is 358 g/mol. The van der Waals surface area contributed by atoms with Gasteiger partial charge in [0.1, 0.15) is 11.6 Å². The second-order valence-electron chi connectivity index (χ2n) is 8.77. The zero-order valence-corrected chi connectivity index (χ0v) is 17.4. The molecule has 0 atom stereocenters. The Labute approximate surface area is 173 Å². The molecule has 1 aliphatic carbocycles. The van der Waals surface area contributed by atoms with Crippen molar-refractivity contribution in [3.8, 4) is 5.75 Å². The number of likely N-dealkylation sites (tertiary alicyclic amines) is 1. The van der Waals surface area contributed by atoms with Crippen LogP contribution in [0, 0.1) is 5.92 Å². The van der Waals surface area contributed by atoms with Crippen LogP contribution in [0.4, 0.5) is 0 Å². The molecule has 1 aromatic heterocycles. The van der Waals surface area contributed by atoms with E-state index in [1.54, 1.807) is 0 Å². The van der Waals surface area contributed by atoms with Gasteiger partial charge in [-0.3, -0.25) is 4.90 Å². The second-order valence-corrected chi connectivity index (χ2v) is 8.77. The molecule has 0 N–H and O–H groups in total. The molecule has 152 valence electrons. The Morgan fingerprint density at radius 1 is 0.966 bits per heavy atom. The van der Waals surface area contributed by atoms with Gasteiger partial charge in [-0.15, -0.1) is 0 Å². The molecule has 0 spiro atoms. The first-order chi connectivity index (χ1) is 14.3. The van der Waals surface area contributed by atoms with Gasteiger partial charge in [-0.25, -0.2) is 4.98 Å². The summed E-state index contributed by atoms with van der Waals surface area (Å²) in [6, 6.07) is 17.1. The highest BCUT2D eigenvalue weighted by Crippen LogP contribution is 2.36. The van der Waals surface area contributed by atoms with E-state index in [0.29, 0.717) is 5.92 Å². The van der Waals surface area contributed by atoms with Gasteiger partial charge in [-0.2, -0.15) is 0 Å². The summed E-state index contributed by atoms with van der Waals surface area (Å²) in [6.45, 7) is 4.05. The fraction of sp³-hybridized carbons (Fsp3) is 0.480. The van der Waals surface area contributed by atoms with Crippen molar-refractivity contribution in [1.82, 2.24) is 14.5 Å². The summed E-state index contributed by atoms with van der Waals surface area (Å²) >= 11 is 0. The average molecular weight is 390 g/mol. The monoisotopic (exact) mass is 389 g/mol. The number of aryl methyl sites for hydroxylation is 1. The van der Waals surface area contributed by atoms with Gasteiger partial charge in [0.15, 0.2) is 0 Å². The second kappa shape index (κ2) is 8.19. The van der Waals surface area contributed by atoms with E-state index in [1.807, 2.05) is 0 Å². The zero-order chi connectivity index (χ0) is 19.6. The van der Waals surface area contributed by atoms with E-state index in [0.717, 1.165) is 49.2 Å². The molecule has 2 fully saturated rings. The van der Waals surface area contributed by atoms with Crippen molar-refractivity contribution in [3.05, 3.63) is 59.9 Å². The predicted octanol–water partition coefficient (Wildman–Crippen LogP) is 5.13. The molecule has 4 nitrogen and oxygen atoms in total. The molecule has 29 heavy (non-hydrogen) atoms. The number of hydrogen-bond donors (Lipinski definition) is 0. The lowest BCUT2D eigenvalue weighted by Crippen LogP contribution is -2.33. The van der Waals surface area contributed by atoms with E-state index in [1.165, 1.54) is 43.2 Å². The molecule has 0 bridgehead atoms. The molecule has 2 aromatic carbocycles. The van der Waals surface area contributed by atoms with Crippen LogP contribution in [0.2, 0.25) is 0 Å². The van der Waals surface area contributed by atoms with Gasteiger partial charge < -0.3 is 9.30 Å². The average Bonchev–Trinajstić information content (AvgIpc) is 3.04. The summed E-state index contributed by atoms with van der Waals surface area (Å²) in [5.41, 5.74) is 3.72. The lowest BCUT2D eigenvalue weighted by Gasteiger charge is -2.33. The standard InChI is InChI=1S/C25H31N3O/c1-27-23-11-4-3-10-22(23)26-25(27)17-28-15-13-20(14-16-28)21-9-2-5-12-24(21)29-18-19-7-6-8-19/h2-5,9-12,19-20H,6-8,13-18H2,1H3. The molecule has 1 saturated heterocycles. The Morgan fingerprint density at radius 2 is 1.72 bits per heavy atom. The molecule has 2 aliphatic rings. The molecule has 0 unspecified atom stereocenters. The Morgan fingerprint density at radius 3 is 2.48 bits per heavy atom. The van der Waals surface area contributed by atoms with Gasteiger partial charge in [-0.05, 0) is 74.4 Å². The van der Waals surface area contributed by atoms with Crippen LogP contribution in [0.3, 0.4) is 0 Å². The van der Waals surface area contributed by atoms with Crippen LogP contribution < -0.4 is 4.74 Å². The van der Waals surface area contributed by atoms with Gasteiger partial charge in [0, 0.05) is 7.05 Å². The Balaban J connectivity index is 1.22. The van der Waals surface area contributed by atoms with Crippen LogP contribution in [0.15, 0.2) is 48.5 Å². The molecule has 5 rings (SSSR count). The van der Waals surface area contributed by atoms with Gasteiger partial charge >= 0.3 is 0 Å². The highest BCUT2D eigenvalue weighted by molar-refractivity contribution is 5.75. The first-order valence-corrected chi connectivity index (χ1v) is 11.1. The number of aromatic nitrogens is 2. The smallest absolute Gasteiger partial charge is 0.123 e. The summed E-state index contributed by atoms with van der Waals surface area (Å²) in [7, 11) is 2.13. The topological polar surface area (TPSA) is 30.3 Å². The fourth-order valence-electron chi connectivity index (χ4n) is 4.76. The minimum atomic E-state index is 0.601. The van der Waals surface area contributed by atoms with Crippen LogP contribution in [-0.4, -0.2) is 34.1 Å². The summed E-state index contributed by atoms with van der Waals surface area (Å²) in [4.78, 5) is 7.40. The van der Waals surface area contributed by atoms with Crippen LogP contribution >= 0.6 is 0 Å². The molecule has 4 heteroatoms. The number of fused-ring (bicyclic) bond motifs is 1. The first kappa shape index (κ1) is 18.7. The molecule has 2 heterocycles. The number of hydrogen-bond acceptors (Lipinski definition) is 3. The van der Waals surface area contributed by atoms with Gasteiger partial charge in [0.2, 0.25) is 0 Å². The summed E-state index contributed by atoms with van der Waals surface area (Å²) in [6.07, 6.45) is 6.42. The minimum absolute atomic E-state index is 0.601. The predicted molar refractivity (Wildman–Crippen MR) is 117 cm³/mol. The minimum Gasteiger partial charge on any atom is -0.493 e. The first-order valence-electron chi connectivity index (χ1n) is 11.1. The summed E-state index contributed by atoms with van der Waals surface area (Å²) < 4.78 is 8.48. The van der Waals surface area contributed by atoms with Crippen LogP contribution in [0.25, 0.3) is 11.0 Å².